The van der Waals surface area contributed by atoms with Crippen molar-refractivity contribution >= 4 is 35.0 Å². The number of primary amides is 1. The summed E-state index contributed by atoms with van der Waals surface area (Å²) in [7, 11) is 0. The van der Waals surface area contributed by atoms with Crippen molar-refractivity contribution in [2.75, 3.05) is 11.1 Å². The van der Waals surface area contributed by atoms with Crippen LogP contribution in [-0.4, -0.2) is 16.8 Å². The Labute approximate surface area is 132 Å². The number of benzene rings is 2. The minimum atomic E-state index is -0.359. The summed E-state index contributed by atoms with van der Waals surface area (Å²) in [6.07, 6.45) is 0. The van der Waals surface area contributed by atoms with E-state index in [4.69, 9.17) is 17.3 Å². The molecule has 0 saturated carbocycles. The van der Waals surface area contributed by atoms with Crippen LogP contribution < -0.4 is 11.1 Å². The lowest BCUT2D eigenvalue weighted by molar-refractivity contribution is -0.115. The number of nitrogens with two attached hydrogens (primary N) is 1. The molecule has 2 aromatic carbocycles. The Kier molecular flexibility index (Phi) is 5.36. The molecule has 0 aliphatic carbocycles. The van der Waals surface area contributed by atoms with Gasteiger partial charge in [-0.1, -0.05) is 35.9 Å². The standard InChI is InChI=1S/C15H15ClN2O2S/c16-11-5-3-4-10(15(11)20)8-18-12-6-1-2-7-13(12)21-9-14(17)19/h1-7,18,20H,8-9H2,(H2,17,19). The van der Waals surface area contributed by atoms with Crippen molar-refractivity contribution in [3.8, 4) is 5.75 Å². The van der Waals surface area contributed by atoms with E-state index in [9.17, 15) is 9.90 Å². The van der Waals surface area contributed by atoms with Gasteiger partial charge in [-0.3, -0.25) is 4.79 Å². The van der Waals surface area contributed by atoms with Crippen molar-refractivity contribution in [3.05, 3.63) is 53.1 Å². The van der Waals surface area contributed by atoms with Gasteiger partial charge in [0.2, 0.25) is 5.91 Å². The number of thioether (sulfide) groups is 1. The summed E-state index contributed by atoms with van der Waals surface area (Å²) in [6, 6.07) is 12.8. The van der Waals surface area contributed by atoms with Crippen LogP contribution in [0.25, 0.3) is 0 Å². The van der Waals surface area contributed by atoms with E-state index in [0.717, 1.165) is 10.6 Å². The fourth-order valence-corrected chi connectivity index (χ4v) is 2.74. The molecular formula is C15H15ClN2O2S. The minimum Gasteiger partial charge on any atom is -0.506 e. The SMILES string of the molecule is NC(=O)CSc1ccccc1NCc1cccc(Cl)c1O. The number of anilines is 1. The molecule has 0 fully saturated rings. The van der Waals surface area contributed by atoms with Crippen LogP contribution in [0.3, 0.4) is 0 Å². The zero-order valence-corrected chi connectivity index (χ0v) is 12.7. The number of phenolic OH excluding ortho intramolecular Hbond substituents is 1. The van der Waals surface area contributed by atoms with Gasteiger partial charge < -0.3 is 16.2 Å². The number of hydrogen-bond acceptors (Lipinski definition) is 4. The van der Waals surface area contributed by atoms with Crippen molar-refractivity contribution in [2.24, 2.45) is 5.73 Å². The van der Waals surface area contributed by atoms with Gasteiger partial charge in [-0.2, -0.15) is 0 Å². The minimum absolute atomic E-state index is 0.0777. The number of halogens is 1. The Morgan fingerprint density at radius 1 is 1.24 bits per heavy atom. The summed E-state index contributed by atoms with van der Waals surface area (Å²) in [6.45, 7) is 0.431. The van der Waals surface area contributed by atoms with Gasteiger partial charge in [0.05, 0.1) is 10.8 Å². The third-order valence-corrected chi connectivity index (χ3v) is 4.20. The van der Waals surface area contributed by atoms with Crippen LogP contribution in [0.4, 0.5) is 5.69 Å². The summed E-state index contributed by atoms with van der Waals surface area (Å²) in [5.74, 6) is -0.0580. The van der Waals surface area contributed by atoms with Crippen molar-refractivity contribution in [1.82, 2.24) is 0 Å². The number of rotatable bonds is 6. The molecule has 6 heteroatoms. The number of carbonyl (C=O) groups is 1. The molecule has 2 rings (SSSR count). The number of para-hydroxylation sites is 2. The quantitative estimate of drug-likeness (QED) is 0.714. The highest BCUT2D eigenvalue weighted by molar-refractivity contribution is 8.00. The van der Waals surface area contributed by atoms with Crippen molar-refractivity contribution in [1.29, 1.82) is 0 Å². The van der Waals surface area contributed by atoms with E-state index in [1.807, 2.05) is 24.3 Å². The number of nitrogens with one attached hydrogen (secondary N) is 1. The molecule has 0 heterocycles. The Bertz CT molecular complexity index is 649. The van der Waals surface area contributed by atoms with Gasteiger partial charge in [0, 0.05) is 22.7 Å². The summed E-state index contributed by atoms with van der Waals surface area (Å²) in [5.41, 5.74) is 6.75. The monoisotopic (exact) mass is 322 g/mol. The maximum absolute atomic E-state index is 10.9. The van der Waals surface area contributed by atoms with Crippen LogP contribution in [0.1, 0.15) is 5.56 Å². The van der Waals surface area contributed by atoms with Crippen molar-refractivity contribution < 1.29 is 9.90 Å². The zero-order chi connectivity index (χ0) is 15.2. The largest absolute Gasteiger partial charge is 0.506 e. The molecule has 0 aliphatic rings. The van der Waals surface area contributed by atoms with Gasteiger partial charge in [-0.15, -0.1) is 11.8 Å². The fraction of sp³-hybridized carbons (Fsp3) is 0.133. The van der Waals surface area contributed by atoms with Crippen LogP contribution in [-0.2, 0) is 11.3 Å². The van der Waals surface area contributed by atoms with Crippen LogP contribution in [0.5, 0.6) is 5.75 Å². The highest BCUT2D eigenvalue weighted by atomic mass is 35.5. The van der Waals surface area contributed by atoms with E-state index in [0.29, 0.717) is 17.1 Å². The molecule has 4 nitrogen and oxygen atoms in total. The first kappa shape index (κ1) is 15.5. The molecule has 0 atom stereocenters. The zero-order valence-electron chi connectivity index (χ0n) is 11.2. The van der Waals surface area contributed by atoms with E-state index in [1.54, 1.807) is 18.2 Å². The van der Waals surface area contributed by atoms with Gasteiger partial charge in [-0.25, -0.2) is 0 Å². The number of amides is 1. The van der Waals surface area contributed by atoms with Gasteiger partial charge in [0.25, 0.3) is 0 Å². The van der Waals surface area contributed by atoms with E-state index in [1.165, 1.54) is 11.8 Å². The maximum atomic E-state index is 10.9. The smallest absolute Gasteiger partial charge is 0.227 e. The molecule has 4 N–H and O–H groups in total. The summed E-state index contributed by atoms with van der Waals surface area (Å²) in [5, 5.41) is 13.4. The second kappa shape index (κ2) is 7.24. The molecular weight excluding hydrogens is 308 g/mol. The molecule has 0 radical (unpaired) electrons. The first-order chi connectivity index (χ1) is 10.1. The second-order valence-electron chi connectivity index (χ2n) is 4.35. The molecule has 0 unspecified atom stereocenters. The van der Waals surface area contributed by atoms with Gasteiger partial charge >= 0.3 is 0 Å². The van der Waals surface area contributed by atoms with Gasteiger partial charge in [0.1, 0.15) is 5.75 Å². The lowest BCUT2D eigenvalue weighted by atomic mass is 10.2. The van der Waals surface area contributed by atoms with E-state index in [-0.39, 0.29) is 17.4 Å². The average molecular weight is 323 g/mol. The number of carbonyl (C=O) groups excluding carboxylic acids is 1. The predicted molar refractivity (Wildman–Crippen MR) is 86.8 cm³/mol. The lowest BCUT2D eigenvalue weighted by Crippen LogP contribution is -2.13. The highest BCUT2D eigenvalue weighted by Crippen LogP contribution is 2.30. The molecule has 2 aromatic rings. The summed E-state index contributed by atoms with van der Waals surface area (Å²) < 4.78 is 0. The third kappa shape index (κ3) is 4.31. The van der Waals surface area contributed by atoms with Gasteiger partial charge in [-0.05, 0) is 18.2 Å². The maximum Gasteiger partial charge on any atom is 0.227 e. The summed E-state index contributed by atoms with van der Waals surface area (Å²) in [4.78, 5) is 11.8. The molecule has 0 aromatic heterocycles. The number of hydrogen-bond donors (Lipinski definition) is 3. The normalized spacial score (nSPS) is 10.3. The van der Waals surface area contributed by atoms with E-state index in [2.05, 4.69) is 5.32 Å². The Morgan fingerprint density at radius 2 is 2.00 bits per heavy atom. The molecule has 1 amide bonds. The fourth-order valence-electron chi connectivity index (χ4n) is 1.78. The second-order valence-corrected chi connectivity index (χ2v) is 5.78. The average Bonchev–Trinajstić information content (AvgIpc) is 2.47. The Morgan fingerprint density at radius 3 is 2.76 bits per heavy atom. The Balaban J connectivity index is 2.09. The van der Waals surface area contributed by atoms with Crippen LogP contribution in [0.2, 0.25) is 5.02 Å². The molecule has 0 bridgehead atoms. The predicted octanol–water partition coefficient (Wildman–Crippen LogP) is 3.24. The highest BCUT2D eigenvalue weighted by Gasteiger charge is 2.07. The van der Waals surface area contributed by atoms with Crippen molar-refractivity contribution in [2.45, 2.75) is 11.4 Å². The van der Waals surface area contributed by atoms with Crippen LogP contribution in [0, 0.1) is 0 Å². The first-order valence-electron chi connectivity index (χ1n) is 6.28. The number of phenols is 1. The summed E-state index contributed by atoms with van der Waals surface area (Å²) >= 11 is 7.25. The van der Waals surface area contributed by atoms with Crippen LogP contribution >= 0.6 is 23.4 Å². The molecule has 21 heavy (non-hydrogen) atoms. The molecule has 110 valence electrons. The lowest BCUT2D eigenvalue weighted by Gasteiger charge is -2.12. The van der Waals surface area contributed by atoms with Gasteiger partial charge in [0.15, 0.2) is 0 Å². The molecule has 0 spiro atoms. The van der Waals surface area contributed by atoms with E-state index >= 15 is 0 Å². The van der Waals surface area contributed by atoms with Crippen molar-refractivity contribution in [3.63, 3.8) is 0 Å². The molecule has 0 saturated heterocycles. The van der Waals surface area contributed by atoms with E-state index < -0.39 is 0 Å². The Hall–Kier alpha value is -1.85. The topological polar surface area (TPSA) is 75.4 Å². The number of aromatic hydroxyl groups is 1. The first-order valence-corrected chi connectivity index (χ1v) is 7.64. The third-order valence-electron chi connectivity index (χ3n) is 2.80. The molecule has 0 aliphatic heterocycles. The van der Waals surface area contributed by atoms with Crippen LogP contribution in [0.15, 0.2) is 47.4 Å².